The van der Waals surface area contributed by atoms with Crippen molar-refractivity contribution < 1.29 is 4.52 Å². The molecule has 2 atom stereocenters. The summed E-state index contributed by atoms with van der Waals surface area (Å²) in [7, 11) is 0. The van der Waals surface area contributed by atoms with Gasteiger partial charge in [-0.15, -0.1) is 11.8 Å². The third-order valence-electron chi connectivity index (χ3n) is 3.04. The van der Waals surface area contributed by atoms with Crippen LogP contribution in [0.15, 0.2) is 33.7 Å². The summed E-state index contributed by atoms with van der Waals surface area (Å²) in [6, 6.07) is 8.19. The highest BCUT2D eigenvalue weighted by Gasteiger charge is 2.18. The van der Waals surface area contributed by atoms with E-state index in [1.54, 1.807) is 0 Å². The molecule has 0 amide bonds. The van der Waals surface area contributed by atoms with Gasteiger partial charge >= 0.3 is 0 Å². The van der Waals surface area contributed by atoms with E-state index >= 15 is 0 Å². The Morgan fingerprint density at radius 1 is 1.26 bits per heavy atom. The van der Waals surface area contributed by atoms with Gasteiger partial charge in [-0.2, -0.15) is 4.98 Å². The van der Waals surface area contributed by atoms with Gasteiger partial charge in [0.1, 0.15) is 0 Å². The second kappa shape index (κ2) is 6.21. The topological polar surface area (TPSA) is 64.9 Å². The molecular formula is C14H19N3OS. The molecule has 102 valence electrons. The molecule has 0 radical (unpaired) electrons. The van der Waals surface area contributed by atoms with E-state index < -0.39 is 0 Å². The van der Waals surface area contributed by atoms with Crippen LogP contribution < -0.4 is 5.73 Å². The van der Waals surface area contributed by atoms with Crippen molar-refractivity contribution >= 4 is 11.8 Å². The Kier molecular flexibility index (Phi) is 4.61. The van der Waals surface area contributed by atoms with Gasteiger partial charge in [0.25, 0.3) is 0 Å². The molecule has 4 nitrogen and oxygen atoms in total. The number of aromatic nitrogens is 2. The SMILES string of the molecule is CCSc1ccc(-c2noc(C(C)C(C)N)n2)cc1. The number of thioether (sulfide) groups is 1. The zero-order valence-corrected chi connectivity index (χ0v) is 12.3. The van der Waals surface area contributed by atoms with Gasteiger partial charge in [-0.25, -0.2) is 0 Å². The molecule has 2 aromatic rings. The lowest BCUT2D eigenvalue weighted by molar-refractivity contribution is 0.347. The van der Waals surface area contributed by atoms with E-state index in [9.17, 15) is 0 Å². The lowest BCUT2D eigenvalue weighted by Crippen LogP contribution is -2.22. The molecule has 2 N–H and O–H groups in total. The van der Waals surface area contributed by atoms with Crippen LogP contribution in [0.5, 0.6) is 0 Å². The van der Waals surface area contributed by atoms with Gasteiger partial charge in [0.05, 0.1) is 5.92 Å². The summed E-state index contributed by atoms with van der Waals surface area (Å²) in [5.41, 5.74) is 6.80. The van der Waals surface area contributed by atoms with E-state index in [4.69, 9.17) is 10.3 Å². The Hall–Kier alpha value is -1.33. The predicted molar refractivity (Wildman–Crippen MR) is 78.2 cm³/mol. The van der Waals surface area contributed by atoms with Crippen molar-refractivity contribution in [3.63, 3.8) is 0 Å². The maximum absolute atomic E-state index is 5.84. The van der Waals surface area contributed by atoms with Gasteiger partial charge in [-0.1, -0.05) is 19.0 Å². The molecule has 2 rings (SSSR count). The Bertz CT molecular complexity index is 522. The van der Waals surface area contributed by atoms with Gasteiger partial charge < -0.3 is 10.3 Å². The van der Waals surface area contributed by atoms with E-state index in [1.165, 1.54) is 4.90 Å². The summed E-state index contributed by atoms with van der Waals surface area (Å²) in [4.78, 5) is 5.66. The summed E-state index contributed by atoms with van der Waals surface area (Å²) >= 11 is 1.81. The molecule has 0 spiro atoms. The first kappa shape index (κ1) is 14.1. The minimum atomic E-state index is -0.00312. The summed E-state index contributed by atoms with van der Waals surface area (Å²) in [5, 5.41) is 4.02. The van der Waals surface area contributed by atoms with E-state index in [0.29, 0.717) is 11.7 Å². The molecule has 1 aromatic heterocycles. The highest BCUT2D eigenvalue weighted by atomic mass is 32.2. The number of hydrogen-bond acceptors (Lipinski definition) is 5. The molecular weight excluding hydrogens is 258 g/mol. The molecule has 0 saturated heterocycles. The Morgan fingerprint density at radius 2 is 1.95 bits per heavy atom. The Labute approximate surface area is 117 Å². The van der Waals surface area contributed by atoms with Crippen molar-refractivity contribution in [1.82, 2.24) is 10.1 Å². The summed E-state index contributed by atoms with van der Waals surface area (Å²) in [6.07, 6.45) is 0. The van der Waals surface area contributed by atoms with Crippen molar-refractivity contribution in [1.29, 1.82) is 0 Å². The molecule has 1 heterocycles. The van der Waals surface area contributed by atoms with Crippen LogP contribution in [-0.2, 0) is 0 Å². The summed E-state index contributed by atoms with van der Waals surface area (Å²) in [5.74, 6) is 2.35. The fourth-order valence-electron chi connectivity index (χ4n) is 1.63. The number of rotatable bonds is 5. The maximum atomic E-state index is 5.84. The summed E-state index contributed by atoms with van der Waals surface area (Å²) < 4.78 is 5.27. The van der Waals surface area contributed by atoms with Crippen LogP contribution in [0.25, 0.3) is 11.4 Å². The largest absolute Gasteiger partial charge is 0.339 e. The third kappa shape index (κ3) is 3.36. The van der Waals surface area contributed by atoms with Crippen LogP contribution in [0, 0.1) is 0 Å². The van der Waals surface area contributed by atoms with Crippen LogP contribution in [0.3, 0.4) is 0 Å². The fourth-order valence-corrected chi connectivity index (χ4v) is 2.29. The molecule has 0 aliphatic heterocycles. The average Bonchev–Trinajstić information content (AvgIpc) is 2.88. The minimum Gasteiger partial charge on any atom is -0.339 e. The Morgan fingerprint density at radius 3 is 2.53 bits per heavy atom. The zero-order chi connectivity index (χ0) is 13.8. The lowest BCUT2D eigenvalue weighted by Gasteiger charge is -2.09. The number of nitrogens with zero attached hydrogens (tertiary/aromatic N) is 2. The number of nitrogens with two attached hydrogens (primary N) is 1. The first-order valence-corrected chi connectivity index (χ1v) is 7.42. The molecule has 0 saturated carbocycles. The molecule has 0 bridgehead atoms. The summed E-state index contributed by atoms with van der Waals surface area (Å²) in [6.45, 7) is 6.06. The predicted octanol–water partition coefficient (Wildman–Crippen LogP) is 3.30. The van der Waals surface area contributed by atoms with Crippen molar-refractivity contribution in [3.05, 3.63) is 30.2 Å². The van der Waals surface area contributed by atoms with Gasteiger partial charge in [0.15, 0.2) is 0 Å². The van der Waals surface area contributed by atoms with Crippen LogP contribution in [0.2, 0.25) is 0 Å². The quantitative estimate of drug-likeness (QED) is 0.849. The first-order chi connectivity index (χ1) is 9.11. The molecule has 5 heteroatoms. The van der Waals surface area contributed by atoms with Crippen molar-refractivity contribution in [3.8, 4) is 11.4 Å². The number of benzene rings is 1. The molecule has 19 heavy (non-hydrogen) atoms. The van der Waals surface area contributed by atoms with Gasteiger partial charge in [0.2, 0.25) is 11.7 Å². The van der Waals surface area contributed by atoms with Gasteiger partial charge in [-0.05, 0) is 36.9 Å². The maximum Gasteiger partial charge on any atom is 0.231 e. The third-order valence-corrected chi connectivity index (χ3v) is 3.94. The second-order valence-electron chi connectivity index (χ2n) is 4.56. The average molecular weight is 277 g/mol. The fraction of sp³-hybridized carbons (Fsp3) is 0.429. The van der Waals surface area contributed by atoms with Crippen LogP contribution in [-0.4, -0.2) is 21.9 Å². The van der Waals surface area contributed by atoms with Crippen molar-refractivity contribution in [2.24, 2.45) is 5.73 Å². The van der Waals surface area contributed by atoms with Crippen molar-refractivity contribution in [2.75, 3.05) is 5.75 Å². The van der Waals surface area contributed by atoms with E-state index in [1.807, 2.05) is 37.7 Å². The highest BCUT2D eigenvalue weighted by molar-refractivity contribution is 7.99. The number of hydrogen-bond donors (Lipinski definition) is 1. The molecule has 0 aliphatic carbocycles. The standard InChI is InChI=1S/C14H19N3OS/c1-4-19-12-7-5-11(6-8-12)13-16-14(18-17-13)9(2)10(3)15/h5-10H,4,15H2,1-3H3. The molecule has 0 aliphatic rings. The van der Waals surface area contributed by atoms with Crippen LogP contribution in [0.4, 0.5) is 0 Å². The van der Waals surface area contributed by atoms with E-state index in [2.05, 4.69) is 29.2 Å². The van der Waals surface area contributed by atoms with Gasteiger partial charge in [0, 0.05) is 16.5 Å². The molecule has 2 unspecified atom stereocenters. The first-order valence-electron chi connectivity index (χ1n) is 6.44. The molecule has 1 aromatic carbocycles. The smallest absolute Gasteiger partial charge is 0.231 e. The van der Waals surface area contributed by atoms with E-state index in [0.717, 1.165) is 11.3 Å². The second-order valence-corrected chi connectivity index (χ2v) is 5.90. The normalized spacial score (nSPS) is 14.3. The Balaban J connectivity index is 2.18. The lowest BCUT2D eigenvalue weighted by atomic mass is 10.1. The monoisotopic (exact) mass is 277 g/mol. The zero-order valence-electron chi connectivity index (χ0n) is 11.5. The minimum absolute atomic E-state index is 0.00312. The van der Waals surface area contributed by atoms with Crippen LogP contribution in [0.1, 0.15) is 32.6 Å². The highest BCUT2D eigenvalue weighted by Crippen LogP contribution is 2.24. The van der Waals surface area contributed by atoms with Gasteiger partial charge in [-0.3, -0.25) is 0 Å². The van der Waals surface area contributed by atoms with Crippen LogP contribution >= 0.6 is 11.8 Å². The van der Waals surface area contributed by atoms with Crippen molar-refractivity contribution in [2.45, 2.75) is 37.6 Å². The molecule has 0 fully saturated rings. The van der Waals surface area contributed by atoms with E-state index in [-0.39, 0.29) is 12.0 Å².